The molecule has 5 rings (SSSR count). The van der Waals surface area contributed by atoms with E-state index in [0.717, 1.165) is 11.3 Å². The molecule has 172 valence electrons. The van der Waals surface area contributed by atoms with E-state index in [1.807, 2.05) is 60.7 Å². The summed E-state index contributed by atoms with van der Waals surface area (Å²) in [6.45, 7) is -0.156. The second-order valence-corrected chi connectivity index (χ2v) is 7.53. The zero-order chi connectivity index (χ0) is 24.0. The van der Waals surface area contributed by atoms with E-state index in [9.17, 15) is 9.18 Å². The first-order valence-electron chi connectivity index (χ1n) is 10.8. The Morgan fingerprint density at radius 3 is 2.37 bits per heavy atom. The van der Waals surface area contributed by atoms with Crippen LogP contribution in [0, 0.1) is 5.82 Å². The largest absolute Gasteiger partial charge is 0.452 e. The number of esters is 1. The highest BCUT2D eigenvalue weighted by Gasteiger charge is 2.13. The van der Waals surface area contributed by atoms with Crippen LogP contribution in [0.25, 0.3) is 34.5 Å². The Kier molecular flexibility index (Phi) is 6.25. The van der Waals surface area contributed by atoms with Gasteiger partial charge < -0.3 is 9.15 Å². The molecule has 7 nitrogen and oxygen atoms in total. The minimum Gasteiger partial charge on any atom is -0.452 e. The summed E-state index contributed by atoms with van der Waals surface area (Å²) >= 11 is 0. The van der Waals surface area contributed by atoms with Crippen LogP contribution in [0.2, 0.25) is 0 Å². The van der Waals surface area contributed by atoms with Crippen molar-refractivity contribution in [3.05, 3.63) is 114 Å². The SMILES string of the molecule is O=C(/C=C/c1cn(-c2ccccc2)nc1-c1ccc(F)cc1)OCc1nnc(-c2ccccc2)o1. The maximum Gasteiger partial charge on any atom is 0.331 e. The van der Waals surface area contributed by atoms with Crippen molar-refractivity contribution >= 4 is 12.0 Å². The minimum atomic E-state index is -0.582. The first-order chi connectivity index (χ1) is 17.2. The number of aromatic nitrogens is 4. The quantitative estimate of drug-likeness (QED) is 0.233. The van der Waals surface area contributed by atoms with Crippen molar-refractivity contribution in [2.75, 3.05) is 0 Å². The van der Waals surface area contributed by atoms with Gasteiger partial charge in [-0.1, -0.05) is 36.4 Å². The molecule has 0 unspecified atom stereocenters. The molecule has 0 radical (unpaired) electrons. The Balaban J connectivity index is 1.32. The normalized spacial score (nSPS) is 11.1. The third kappa shape index (κ3) is 5.22. The van der Waals surface area contributed by atoms with Crippen LogP contribution < -0.4 is 0 Å². The van der Waals surface area contributed by atoms with E-state index in [-0.39, 0.29) is 18.3 Å². The van der Waals surface area contributed by atoms with Gasteiger partial charge in [0.1, 0.15) is 5.82 Å². The lowest BCUT2D eigenvalue weighted by atomic mass is 10.1. The van der Waals surface area contributed by atoms with E-state index >= 15 is 0 Å². The monoisotopic (exact) mass is 466 g/mol. The maximum atomic E-state index is 13.4. The molecule has 0 aliphatic heterocycles. The average Bonchev–Trinajstić information content (AvgIpc) is 3.55. The van der Waals surface area contributed by atoms with Gasteiger partial charge in [0.05, 0.1) is 11.4 Å². The average molecular weight is 466 g/mol. The topological polar surface area (TPSA) is 83.0 Å². The number of hydrogen-bond acceptors (Lipinski definition) is 6. The van der Waals surface area contributed by atoms with Gasteiger partial charge in [-0.15, -0.1) is 10.2 Å². The van der Waals surface area contributed by atoms with Crippen molar-refractivity contribution in [1.82, 2.24) is 20.0 Å². The molecule has 0 fully saturated rings. The molecule has 0 saturated carbocycles. The van der Waals surface area contributed by atoms with Crippen LogP contribution in [0.4, 0.5) is 4.39 Å². The van der Waals surface area contributed by atoms with Gasteiger partial charge in [0.25, 0.3) is 5.89 Å². The molecule has 0 spiro atoms. The molecule has 2 aromatic heterocycles. The lowest BCUT2D eigenvalue weighted by Crippen LogP contribution is -2.01. The highest BCUT2D eigenvalue weighted by atomic mass is 19.1. The van der Waals surface area contributed by atoms with E-state index < -0.39 is 5.97 Å². The van der Waals surface area contributed by atoms with Gasteiger partial charge in [0, 0.05) is 29.0 Å². The Morgan fingerprint density at radius 2 is 1.63 bits per heavy atom. The van der Waals surface area contributed by atoms with Crippen LogP contribution in [-0.2, 0) is 16.1 Å². The third-order valence-electron chi connectivity index (χ3n) is 5.11. The Morgan fingerprint density at radius 1 is 0.914 bits per heavy atom. The van der Waals surface area contributed by atoms with Gasteiger partial charge in [0.15, 0.2) is 6.61 Å². The predicted molar refractivity (Wildman–Crippen MR) is 128 cm³/mol. The molecule has 8 heteroatoms. The van der Waals surface area contributed by atoms with Gasteiger partial charge in [-0.25, -0.2) is 13.9 Å². The van der Waals surface area contributed by atoms with Crippen LogP contribution in [0.15, 0.2) is 102 Å². The number of carbonyl (C=O) groups is 1. The number of carbonyl (C=O) groups excluding carboxylic acids is 1. The van der Waals surface area contributed by atoms with Gasteiger partial charge in [-0.3, -0.25) is 0 Å². The van der Waals surface area contributed by atoms with Gasteiger partial charge in [-0.2, -0.15) is 5.10 Å². The van der Waals surface area contributed by atoms with Crippen LogP contribution in [0.3, 0.4) is 0 Å². The zero-order valence-corrected chi connectivity index (χ0v) is 18.4. The summed E-state index contributed by atoms with van der Waals surface area (Å²) in [7, 11) is 0. The Hall–Kier alpha value is -4.85. The summed E-state index contributed by atoms with van der Waals surface area (Å²) < 4.78 is 25.9. The molecule has 3 aromatic carbocycles. The lowest BCUT2D eigenvalue weighted by Gasteiger charge is -2.00. The van der Waals surface area contributed by atoms with Crippen LogP contribution in [-0.4, -0.2) is 25.9 Å². The summed E-state index contributed by atoms with van der Waals surface area (Å²) in [5.41, 5.74) is 3.61. The number of para-hydroxylation sites is 1. The molecule has 0 aliphatic carbocycles. The fourth-order valence-electron chi connectivity index (χ4n) is 3.40. The summed E-state index contributed by atoms with van der Waals surface area (Å²) in [5.74, 6) is -0.380. The van der Waals surface area contributed by atoms with Crippen molar-refractivity contribution in [3.63, 3.8) is 0 Å². The lowest BCUT2D eigenvalue weighted by molar-refractivity contribution is -0.139. The minimum absolute atomic E-state index is 0.156. The molecule has 0 saturated heterocycles. The summed E-state index contributed by atoms with van der Waals surface area (Å²) in [6, 6.07) is 24.9. The number of rotatable bonds is 7. The molecule has 0 aliphatic rings. The standard InChI is InChI=1S/C27H19FN4O3/c28-22-14-11-19(12-15-22)26-21(17-32(31-26)23-9-5-2-6-10-23)13-16-25(33)34-18-24-29-30-27(35-24)20-7-3-1-4-8-20/h1-17H,18H2/b16-13+. The smallest absolute Gasteiger partial charge is 0.331 e. The molecule has 0 N–H and O–H groups in total. The van der Waals surface area contributed by atoms with Gasteiger partial charge in [0.2, 0.25) is 5.89 Å². The van der Waals surface area contributed by atoms with Crippen molar-refractivity contribution < 1.29 is 18.3 Å². The number of ether oxygens (including phenoxy) is 1. The highest BCUT2D eigenvalue weighted by Crippen LogP contribution is 2.25. The fraction of sp³-hybridized carbons (Fsp3) is 0.0370. The molecule has 0 bridgehead atoms. The summed E-state index contributed by atoms with van der Waals surface area (Å²) in [4.78, 5) is 12.4. The van der Waals surface area contributed by atoms with Crippen molar-refractivity contribution in [1.29, 1.82) is 0 Å². The molecule has 5 aromatic rings. The van der Waals surface area contributed by atoms with E-state index in [1.165, 1.54) is 18.2 Å². The van der Waals surface area contributed by atoms with E-state index in [2.05, 4.69) is 15.3 Å². The zero-order valence-electron chi connectivity index (χ0n) is 18.4. The summed E-state index contributed by atoms with van der Waals surface area (Å²) in [5, 5.41) is 12.5. The Labute approximate surface area is 200 Å². The van der Waals surface area contributed by atoms with E-state index in [4.69, 9.17) is 9.15 Å². The fourth-order valence-corrected chi connectivity index (χ4v) is 3.40. The maximum absolute atomic E-state index is 13.4. The van der Waals surface area contributed by atoms with Crippen molar-refractivity contribution in [3.8, 4) is 28.4 Å². The molecule has 2 heterocycles. The molecule has 0 atom stereocenters. The van der Waals surface area contributed by atoms with Gasteiger partial charge in [-0.05, 0) is 54.6 Å². The molecular formula is C27H19FN4O3. The second-order valence-electron chi connectivity index (χ2n) is 7.53. The first-order valence-corrected chi connectivity index (χ1v) is 10.8. The number of hydrogen-bond donors (Lipinski definition) is 0. The molecule has 0 amide bonds. The van der Waals surface area contributed by atoms with Crippen LogP contribution in [0.5, 0.6) is 0 Å². The third-order valence-corrected chi connectivity index (χ3v) is 5.11. The number of benzene rings is 3. The summed E-state index contributed by atoms with van der Waals surface area (Å²) in [6.07, 6.45) is 4.70. The second kappa shape index (κ2) is 9.96. The van der Waals surface area contributed by atoms with E-state index in [1.54, 1.807) is 29.1 Å². The van der Waals surface area contributed by atoms with E-state index in [0.29, 0.717) is 22.7 Å². The van der Waals surface area contributed by atoms with Gasteiger partial charge >= 0.3 is 5.97 Å². The highest BCUT2D eigenvalue weighted by molar-refractivity contribution is 5.88. The molecule has 35 heavy (non-hydrogen) atoms. The van der Waals surface area contributed by atoms with Crippen LogP contribution >= 0.6 is 0 Å². The van der Waals surface area contributed by atoms with Crippen molar-refractivity contribution in [2.45, 2.75) is 6.61 Å². The van der Waals surface area contributed by atoms with Crippen LogP contribution in [0.1, 0.15) is 11.5 Å². The van der Waals surface area contributed by atoms with Crippen molar-refractivity contribution in [2.24, 2.45) is 0 Å². The first kappa shape index (κ1) is 22.0. The number of nitrogens with zero attached hydrogens (tertiary/aromatic N) is 4. The number of halogens is 1. The predicted octanol–water partition coefficient (Wildman–Crippen LogP) is 5.49. The Bertz CT molecular complexity index is 1460. The molecular weight excluding hydrogens is 447 g/mol.